The lowest BCUT2D eigenvalue weighted by Crippen LogP contribution is -2.36. The van der Waals surface area contributed by atoms with Crippen LogP contribution in [0.25, 0.3) is 0 Å². The van der Waals surface area contributed by atoms with E-state index in [2.05, 4.69) is 4.74 Å². The maximum Gasteiger partial charge on any atom is 0.348 e. The molecule has 8 heteroatoms. The largest absolute Gasteiger partial charge is 0.465 e. The van der Waals surface area contributed by atoms with Crippen LogP contribution in [0.1, 0.15) is 45.8 Å². The first kappa shape index (κ1) is 24.1. The Bertz CT molecular complexity index is 960. The van der Waals surface area contributed by atoms with E-state index < -0.39 is 36.4 Å². The molecule has 0 spiro atoms. The number of methoxy groups -OCH3 is 1. The third kappa shape index (κ3) is 5.61. The quantitative estimate of drug-likeness (QED) is 0.442. The maximum atomic E-state index is 14.1. The van der Waals surface area contributed by atoms with Crippen LogP contribution >= 0.6 is 11.3 Å². The zero-order valence-electron chi connectivity index (χ0n) is 18.0. The molecule has 3 rings (SSSR count). The Morgan fingerprint density at radius 3 is 2.72 bits per heavy atom. The van der Waals surface area contributed by atoms with Gasteiger partial charge in [0.05, 0.1) is 19.3 Å². The fourth-order valence-corrected chi connectivity index (χ4v) is 4.74. The summed E-state index contributed by atoms with van der Waals surface area (Å²) >= 11 is 1.29. The highest BCUT2D eigenvalue weighted by molar-refractivity contribution is 7.13. The average molecular weight is 464 g/mol. The number of halogens is 2. The molecule has 1 fully saturated rings. The highest BCUT2D eigenvalue weighted by Crippen LogP contribution is 2.35. The van der Waals surface area contributed by atoms with Crippen molar-refractivity contribution in [3.63, 3.8) is 0 Å². The summed E-state index contributed by atoms with van der Waals surface area (Å²) in [6.07, 6.45) is 2.61. The fourth-order valence-electron chi connectivity index (χ4n) is 3.77. The molecule has 2 aromatic rings. The zero-order valence-corrected chi connectivity index (χ0v) is 18.9. The Kier molecular flexibility index (Phi) is 7.79. The van der Waals surface area contributed by atoms with Gasteiger partial charge in [-0.25, -0.2) is 4.79 Å². The highest BCUT2D eigenvalue weighted by atomic mass is 32.1. The van der Waals surface area contributed by atoms with Crippen LogP contribution in [0.4, 0.5) is 8.78 Å². The molecule has 1 amide bonds. The lowest BCUT2D eigenvalue weighted by Gasteiger charge is -2.22. The van der Waals surface area contributed by atoms with E-state index in [9.17, 15) is 23.5 Å². The molecule has 0 radical (unpaired) electrons. The van der Waals surface area contributed by atoms with Gasteiger partial charge in [-0.15, -0.1) is 11.3 Å². The lowest BCUT2D eigenvalue weighted by molar-refractivity contribution is -0.148. The molecular weight excluding hydrogens is 436 g/mol. The number of alkyl halides is 2. The van der Waals surface area contributed by atoms with Crippen LogP contribution in [0.15, 0.2) is 54.6 Å². The number of rotatable bonds is 9. The minimum Gasteiger partial charge on any atom is -0.465 e. The molecule has 1 saturated heterocycles. The first-order chi connectivity index (χ1) is 15.2. The zero-order chi connectivity index (χ0) is 23.3. The van der Waals surface area contributed by atoms with Gasteiger partial charge in [-0.3, -0.25) is 4.79 Å². The van der Waals surface area contributed by atoms with E-state index in [0.717, 1.165) is 10.4 Å². The number of likely N-dealkylation sites (tertiary alicyclic amines) is 1. The van der Waals surface area contributed by atoms with Crippen molar-refractivity contribution < 1.29 is 28.2 Å². The van der Waals surface area contributed by atoms with Gasteiger partial charge in [0, 0.05) is 23.8 Å². The molecule has 0 aliphatic carbocycles. The van der Waals surface area contributed by atoms with Gasteiger partial charge >= 0.3 is 11.9 Å². The van der Waals surface area contributed by atoms with Gasteiger partial charge in [0.1, 0.15) is 4.88 Å². The van der Waals surface area contributed by atoms with Gasteiger partial charge in [-0.1, -0.05) is 49.4 Å². The van der Waals surface area contributed by atoms with E-state index in [1.165, 1.54) is 35.5 Å². The Morgan fingerprint density at radius 2 is 2.03 bits per heavy atom. The number of hydrogen-bond donors (Lipinski definition) is 1. The summed E-state index contributed by atoms with van der Waals surface area (Å²) in [4.78, 5) is 26.4. The van der Waals surface area contributed by atoms with Crippen molar-refractivity contribution in [2.24, 2.45) is 0 Å². The second kappa shape index (κ2) is 10.4. The number of nitrogens with zero attached hydrogens (tertiary/aromatic N) is 1. The predicted octanol–water partition coefficient (Wildman–Crippen LogP) is 4.42. The van der Waals surface area contributed by atoms with Crippen LogP contribution in [0.2, 0.25) is 0 Å². The van der Waals surface area contributed by atoms with Crippen molar-refractivity contribution in [2.45, 2.75) is 50.2 Å². The maximum absolute atomic E-state index is 14.1. The standard InChI is InChI=1S/C24H27F2NO4S/c1-16(17-7-4-3-5-8-17)20(28)12-10-18-15-24(25,26)23(30)27(18)14-6-9-19-11-13-21(32-19)22(29)31-2/h3-5,7-8,10-13,16,18,20,28H,6,9,14-15H2,1-2H3/b12-10+. The molecule has 1 aromatic carbocycles. The number of carbonyl (C=O) groups excluding carboxylic acids is 2. The Labute approximate surface area is 190 Å². The number of carbonyl (C=O) groups is 2. The summed E-state index contributed by atoms with van der Waals surface area (Å²) in [5.41, 5.74) is 0.941. The van der Waals surface area contributed by atoms with Gasteiger partial charge in [0.15, 0.2) is 0 Å². The average Bonchev–Trinajstić information content (AvgIpc) is 3.35. The first-order valence-electron chi connectivity index (χ1n) is 10.5. The summed E-state index contributed by atoms with van der Waals surface area (Å²) in [6.45, 7) is 2.03. The number of aryl methyl sites for hydroxylation is 1. The normalized spacial score (nSPS) is 20.0. The smallest absolute Gasteiger partial charge is 0.348 e. The number of amides is 1. The molecule has 3 unspecified atom stereocenters. The van der Waals surface area contributed by atoms with Crippen molar-refractivity contribution in [2.75, 3.05) is 13.7 Å². The monoisotopic (exact) mass is 463 g/mol. The van der Waals surface area contributed by atoms with Gasteiger partial charge in [0.25, 0.3) is 5.91 Å². The molecule has 1 aromatic heterocycles. The molecule has 32 heavy (non-hydrogen) atoms. The highest BCUT2D eigenvalue weighted by Gasteiger charge is 2.52. The summed E-state index contributed by atoms with van der Waals surface area (Å²) in [5.74, 6) is -5.21. The van der Waals surface area contributed by atoms with Crippen LogP contribution in [0, 0.1) is 0 Å². The van der Waals surface area contributed by atoms with Crippen molar-refractivity contribution in [1.82, 2.24) is 4.90 Å². The number of aliphatic hydroxyl groups excluding tert-OH is 1. The number of aliphatic hydroxyl groups is 1. The number of ether oxygens (including phenoxy) is 1. The van der Waals surface area contributed by atoms with Crippen molar-refractivity contribution in [3.8, 4) is 0 Å². The van der Waals surface area contributed by atoms with Crippen LogP contribution in [-0.2, 0) is 16.0 Å². The fraction of sp³-hybridized carbons (Fsp3) is 0.417. The Morgan fingerprint density at radius 1 is 1.31 bits per heavy atom. The number of hydrogen-bond acceptors (Lipinski definition) is 5. The minimum atomic E-state index is -3.41. The number of thiophene rings is 1. The predicted molar refractivity (Wildman–Crippen MR) is 119 cm³/mol. The van der Waals surface area contributed by atoms with E-state index in [1.807, 2.05) is 37.3 Å². The molecule has 0 saturated carbocycles. The van der Waals surface area contributed by atoms with E-state index in [0.29, 0.717) is 17.7 Å². The summed E-state index contributed by atoms with van der Waals surface area (Å²) < 4.78 is 32.9. The van der Waals surface area contributed by atoms with Crippen molar-refractivity contribution in [3.05, 3.63) is 69.9 Å². The first-order valence-corrected chi connectivity index (χ1v) is 11.3. The Hall–Kier alpha value is -2.58. The van der Waals surface area contributed by atoms with Crippen molar-refractivity contribution >= 4 is 23.2 Å². The topological polar surface area (TPSA) is 66.8 Å². The number of esters is 1. The SMILES string of the molecule is COC(=O)c1ccc(CCCN2C(=O)C(F)(F)CC2/C=C/C(O)C(C)c2ccccc2)s1. The summed E-state index contributed by atoms with van der Waals surface area (Å²) in [5, 5.41) is 10.5. The lowest BCUT2D eigenvalue weighted by atomic mass is 9.94. The van der Waals surface area contributed by atoms with E-state index >= 15 is 0 Å². The van der Waals surface area contributed by atoms with E-state index in [1.54, 1.807) is 12.1 Å². The number of benzene rings is 1. The van der Waals surface area contributed by atoms with Gasteiger partial charge in [-0.2, -0.15) is 8.78 Å². The van der Waals surface area contributed by atoms with Crippen LogP contribution in [0.3, 0.4) is 0 Å². The van der Waals surface area contributed by atoms with Crippen LogP contribution in [-0.4, -0.2) is 53.6 Å². The Balaban J connectivity index is 1.61. The second-order valence-corrected chi connectivity index (χ2v) is 9.08. The van der Waals surface area contributed by atoms with Gasteiger partial charge in [-0.05, 0) is 30.5 Å². The molecule has 2 heterocycles. The van der Waals surface area contributed by atoms with Crippen LogP contribution in [0.5, 0.6) is 0 Å². The van der Waals surface area contributed by atoms with Gasteiger partial charge in [0.2, 0.25) is 0 Å². The minimum absolute atomic E-state index is 0.166. The summed E-state index contributed by atoms with van der Waals surface area (Å²) in [6, 6.07) is 12.1. The third-order valence-corrected chi connectivity index (χ3v) is 6.80. The molecule has 1 aliphatic rings. The van der Waals surface area contributed by atoms with Gasteiger partial charge < -0.3 is 14.7 Å². The third-order valence-electron chi connectivity index (χ3n) is 5.68. The van der Waals surface area contributed by atoms with E-state index in [4.69, 9.17) is 0 Å². The second-order valence-electron chi connectivity index (χ2n) is 7.91. The van der Waals surface area contributed by atoms with Crippen molar-refractivity contribution in [1.29, 1.82) is 0 Å². The molecule has 1 N–H and O–H groups in total. The summed E-state index contributed by atoms with van der Waals surface area (Å²) in [7, 11) is 1.31. The molecule has 5 nitrogen and oxygen atoms in total. The molecule has 0 bridgehead atoms. The van der Waals surface area contributed by atoms with Crippen LogP contribution < -0.4 is 0 Å². The molecule has 1 aliphatic heterocycles. The molecular formula is C24H27F2NO4S. The van der Waals surface area contributed by atoms with E-state index in [-0.39, 0.29) is 12.5 Å². The molecule has 3 atom stereocenters. The molecule has 172 valence electrons.